The molecule has 0 rings (SSSR count). The topological polar surface area (TPSA) is 0 Å². The first-order valence-electron chi connectivity index (χ1n) is 0. The summed E-state index contributed by atoms with van der Waals surface area (Å²) in [5, 5.41) is 0. The van der Waals surface area contributed by atoms with Crippen LogP contribution < -0.4 is 0 Å². The minimum Gasteiger partial charge on any atom is -0.0776 e. The molecule has 34 valence electrons. The Balaban J connectivity index is 0. The SMILES string of the molecule is C.[B].[Fe].[Mn].[SiH4]. The van der Waals surface area contributed by atoms with Crippen molar-refractivity contribution < 1.29 is 34.1 Å². The molecule has 4 heteroatoms. The Labute approximate surface area is 61.0 Å². The van der Waals surface area contributed by atoms with Crippen molar-refractivity contribution in [2.75, 3.05) is 0 Å². The van der Waals surface area contributed by atoms with Crippen LogP contribution in [0.15, 0.2) is 0 Å². The average molecular weight is 170 g/mol. The molecular weight excluding hydrogens is 162 g/mol. The van der Waals surface area contributed by atoms with Crippen molar-refractivity contribution in [3.63, 3.8) is 0 Å². The van der Waals surface area contributed by atoms with Crippen molar-refractivity contribution in [2.24, 2.45) is 0 Å². The van der Waals surface area contributed by atoms with Gasteiger partial charge in [-0.1, -0.05) is 7.43 Å². The van der Waals surface area contributed by atoms with Crippen molar-refractivity contribution in [3.8, 4) is 0 Å². The smallest absolute Gasteiger partial charge is 0 e. The maximum absolute atomic E-state index is 0. The molecule has 0 heterocycles. The van der Waals surface area contributed by atoms with Crippen LogP contribution in [0.25, 0.3) is 0 Å². The monoisotopic (exact) mass is 170 g/mol. The van der Waals surface area contributed by atoms with E-state index in [1.54, 1.807) is 0 Å². The average Bonchev–Trinajstić information content (AvgIpc) is 0. The molecule has 0 saturated heterocycles. The summed E-state index contributed by atoms with van der Waals surface area (Å²) in [6.45, 7) is 0. The molecule has 0 amide bonds. The van der Waals surface area contributed by atoms with Crippen LogP contribution in [0.2, 0.25) is 0 Å². The summed E-state index contributed by atoms with van der Waals surface area (Å²) in [6.07, 6.45) is 0. The predicted octanol–water partition coefficient (Wildman–Crippen LogP) is -1.20. The first-order valence-corrected chi connectivity index (χ1v) is 0. The Kier molecular flexibility index (Phi) is 1170. The molecule has 0 unspecified atom stereocenters. The number of rotatable bonds is 0. The van der Waals surface area contributed by atoms with Crippen LogP contribution in [0.4, 0.5) is 0 Å². The Morgan fingerprint density at radius 1 is 1.00 bits per heavy atom. The van der Waals surface area contributed by atoms with E-state index in [1.807, 2.05) is 0 Å². The van der Waals surface area contributed by atoms with E-state index < -0.39 is 0 Å². The Bertz CT molecular complexity index is 11.6. The molecule has 0 saturated carbocycles. The van der Waals surface area contributed by atoms with Crippen LogP contribution in [0.3, 0.4) is 0 Å². The molecule has 0 aromatic heterocycles. The van der Waals surface area contributed by atoms with Gasteiger partial charge < -0.3 is 0 Å². The van der Waals surface area contributed by atoms with E-state index in [2.05, 4.69) is 0 Å². The van der Waals surface area contributed by atoms with Gasteiger partial charge in [-0.15, -0.1) is 0 Å². The van der Waals surface area contributed by atoms with Crippen molar-refractivity contribution in [1.82, 2.24) is 0 Å². The van der Waals surface area contributed by atoms with Crippen LogP contribution in [0, 0.1) is 0 Å². The van der Waals surface area contributed by atoms with Gasteiger partial charge in [0.25, 0.3) is 0 Å². The van der Waals surface area contributed by atoms with Gasteiger partial charge >= 0.3 is 0 Å². The zero-order chi connectivity index (χ0) is 0. The fourth-order valence-corrected chi connectivity index (χ4v) is 0. The summed E-state index contributed by atoms with van der Waals surface area (Å²) in [6, 6.07) is 0. The standard InChI is InChI=1S/CH4.B.Fe.Mn.H4Si/h1H4;;;;1H4. The van der Waals surface area contributed by atoms with Crippen LogP contribution >= 0.6 is 0 Å². The maximum Gasteiger partial charge on any atom is 0 e. The van der Waals surface area contributed by atoms with Crippen LogP contribution in [-0.4, -0.2) is 19.4 Å². The molecule has 0 N–H and O–H groups in total. The van der Waals surface area contributed by atoms with Gasteiger partial charge in [-0.2, -0.15) is 0 Å². The van der Waals surface area contributed by atoms with Gasteiger partial charge in [0.1, 0.15) is 0 Å². The van der Waals surface area contributed by atoms with Crippen molar-refractivity contribution in [1.29, 1.82) is 0 Å². The summed E-state index contributed by atoms with van der Waals surface area (Å²) >= 11 is 0. The molecule has 0 aromatic carbocycles. The van der Waals surface area contributed by atoms with Gasteiger partial charge in [-0.25, -0.2) is 0 Å². The Morgan fingerprint density at radius 2 is 1.00 bits per heavy atom. The normalized spacial score (nSPS) is 0. The van der Waals surface area contributed by atoms with E-state index in [-0.39, 0.29) is 60.9 Å². The van der Waals surface area contributed by atoms with E-state index in [0.717, 1.165) is 0 Å². The third-order valence-electron chi connectivity index (χ3n) is 0. The van der Waals surface area contributed by atoms with E-state index in [1.165, 1.54) is 0 Å². The van der Waals surface area contributed by atoms with E-state index >= 15 is 0 Å². The van der Waals surface area contributed by atoms with E-state index in [0.29, 0.717) is 0 Å². The molecule has 0 bridgehead atoms. The second-order valence-electron chi connectivity index (χ2n) is 0. The summed E-state index contributed by atoms with van der Waals surface area (Å²) < 4.78 is 0. The fraction of sp³-hybridized carbons (Fsp3) is 1.00. The molecule has 4 radical (unpaired) electrons. The van der Waals surface area contributed by atoms with Gasteiger partial charge in [-0.05, 0) is 11.0 Å². The zero-order valence-electron chi connectivity index (χ0n) is 1.31. The molecule has 5 heavy (non-hydrogen) atoms. The quantitative estimate of drug-likeness (QED) is 0.400. The van der Waals surface area contributed by atoms with Crippen molar-refractivity contribution in [3.05, 3.63) is 0 Å². The fourth-order valence-electron chi connectivity index (χ4n) is 0. The molecule has 0 aromatic rings. The molecular formula is CH8BFeMnSi. The summed E-state index contributed by atoms with van der Waals surface area (Å²) in [5.41, 5.74) is 0. The summed E-state index contributed by atoms with van der Waals surface area (Å²) in [7, 11) is 0. The minimum atomic E-state index is 0. The third-order valence-corrected chi connectivity index (χ3v) is 0. The Morgan fingerprint density at radius 3 is 1.00 bits per heavy atom. The number of hydrogen-bond acceptors (Lipinski definition) is 0. The molecule has 0 aliphatic rings. The Hall–Kier alpha value is 1.32. The zero-order valence-corrected chi connectivity index (χ0v) is 3.59. The van der Waals surface area contributed by atoms with Crippen LogP contribution in [0.5, 0.6) is 0 Å². The van der Waals surface area contributed by atoms with Gasteiger partial charge in [0.15, 0.2) is 0 Å². The predicted molar refractivity (Wildman–Crippen MR) is 23.8 cm³/mol. The second-order valence-corrected chi connectivity index (χ2v) is 0. The van der Waals surface area contributed by atoms with Crippen LogP contribution in [-0.2, 0) is 34.1 Å². The van der Waals surface area contributed by atoms with Crippen molar-refractivity contribution >= 4 is 19.4 Å². The largest absolute Gasteiger partial charge is 0.0776 e. The van der Waals surface area contributed by atoms with Gasteiger partial charge in [0, 0.05) is 42.6 Å². The first kappa shape index (κ1) is 103. The van der Waals surface area contributed by atoms with E-state index in [4.69, 9.17) is 0 Å². The molecule has 0 aliphatic carbocycles. The van der Waals surface area contributed by atoms with Gasteiger partial charge in [-0.3, -0.25) is 0 Å². The van der Waals surface area contributed by atoms with Crippen LogP contribution in [0.1, 0.15) is 7.43 Å². The molecule has 0 atom stereocenters. The minimum absolute atomic E-state index is 0. The number of hydrogen-bond donors (Lipinski definition) is 0. The van der Waals surface area contributed by atoms with Crippen molar-refractivity contribution in [2.45, 2.75) is 7.43 Å². The third kappa shape index (κ3) is 33.6. The van der Waals surface area contributed by atoms with Gasteiger partial charge in [0.2, 0.25) is 0 Å². The summed E-state index contributed by atoms with van der Waals surface area (Å²) in [4.78, 5) is 0. The maximum atomic E-state index is 0. The molecule has 0 spiro atoms. The summed E-state index contributed by atoms with van der Waals surface area (Å²) in [5.74, 6) is 0. The molecule has 0 nitrogen and oxygen atoms in total. The van der Waals surface area contributed by atoms with E-state index in [9.17, 15) is 0 Å². The first-order chi connectivity index (χ1) is 0. The van der Waals surface area contributed by atoms with Gasteiger partial charge in [0.05, 0.1) is 0 Å². The molecule has 0 fully saturated rings. The molecule has 0 aliphatic heterocycles. The second kappa shape index (κ2) is 56.9.